The molecule has 3 N–H and O–H groups in total. The van der Waals surface area contributed by atoms with Gasteiger partial charge in [-0.1, -0.05) is 23.2 Å². The van der Waals surface area contributed by atoms with Crippen LogP contribution >= 0.6 is 23.2 Å². The predicted octanol–water partition coefficient (Wildman–Crippen LogP) is 1.42. The van der Waals surface area contributed by atoms with Crippen molar-refractivity contribution in [3.05, 3.63) is 22.2 Å². The molecule has 0 fully saturated rings. The minimum Gasteiger partial charge on any atom is -0.399 e. The molecule has 1 aromatic rings. The number of nitrogens with zero attached hydrogens (tertiary/aromatic N) is 1. The van der Waals surface area contributed by atoms with Crippen molar-refractivity contribution in [2.75, 3.05) is 32.9 Å². The Morgan fingerprint density at radius 3 is 2.22 bits per heavy atom. The number of hydrogen-bond donors (Lipinski definition) is 2. The van der Waals surface area contributed by atoms with Gasteiger partial charge in [0.2, 0.25) is 10.0 Å². The number of nitrogen functional groups attached to an aromatic ring is 1. The van der Waals surface area contributed by atoms with Crippen LogP contribution in [0.25, 0.3) is 0 Å². The van der Waals surface area contributed by atoms with Gasteiger partial charge in [0.15, 0.2) is 0 Å². The fourth-order valence-electron chi connectivity index (χ4n) is 1.31. The van der Waals surface area contributed by atoms with Gasteiger partial charge in [0.05, 0.1) is 10.0 Å². The summed E-state index contributed by atoms with van der Waals surface area (Å²) < 4.78 is 26.5. The largest absolute Gasteiger partial charge is 0.399 e. The Kier molecular flexibility index (Phi) is 5.24. The standard InChI is InChI=1S/C10H15Cl2N3O2S/c1-15(2)4-3-14-18(16,17)10-8(11)5-7(13)6-9(10)12/h5-6,14H,3-4,13H2,1-2H3. The molecule has 1 aromatic carbocycles. The first-order valence-corrected chi connectivity index (χ1v) is 7.37. The fourth-order valence-corrected chi connectivity index (χ4v) is 3.56. The lowest BCUT2D eigenvalue weighted by atomic mass is 10.3. The Bertz CT molecular complexity index is 509. The van der Waals surface area contributed by atoms with E-state index in [-0.39, 0.29) is 21.5 Å². The van der Waals surface area contributed by atoms with Crippen LogP contribution in [0.1, 0.15) is 0 Å². The number of anilines is 1. The number of benzene rings is 1. The van der Waals surface area contributed by atoms with Gasteiger partial charge in [0, 0.05) is 18.8 Å². The van der Waals surface area contributed by atoms with Crippen molar-refractivity contribution in [3.63, 3.8) is 0 Å². The Balaban J connectivity index is 2.99. The molecule has 0 amide bonds. The van der Waals surface area contributed by atoms with E-state index >= 15 is 0 Å². The number of nitrogens with one attached hydrogen (secondary N) is 1. The van der Waals surface area contributed by atoms with Crippen LogP contribution in [0.15, 0.2) is 17.0 Å². The lowest BCUT2D eigenvalue weighted by Crippen LogP contribution is -2.31. The Morgan fingerprint density at radius 1 is 1.28 bits per heavy atom. The van der Waals surface area contributed by atoms with E-state index < -0.39 is 10.0 Å². The van der Waals surface area contributed by atoms with Gasteiger partial charge in [0.1, 0.15) is 4.90 Å². The van der Waals surface area contributed by atoms with Gasteiger partial charge in [-0.3, -0.25) is 0 Å². The molecule has 0 aliphatic heterocycles. The molecule has 0 aliphatic carbocycles. The van der Waals surface area contributed by atoms with Crippen molar-refractivity contribution < 1.29 is 8.42 Å². The second kappa shape index (κ2) is 6.08. The second-order valence-electron chi connectivity index (χ2n) is 4.01. The highest BCUT2D eigenvalue weighted by Gasteiger charge is 2.21. The zero-order valence-corrected chi connectivity index (χ0v) is 12.4. The summed E-state index contributed by atoms with van der Waals surface area (Å²) in [6.45, 7) is 0.843. The Morgan fingerprint density at radius 2 is 1.78 bits per heavy atom. The van der Waals surface area contributed by atoms with Crippen LogP contribution in [0, 0.1) is 0 Å². The maximum Gasteiger partial charge on any atom is 0.243 e. The molecular weight excluding hydrogens is 297 g/mol. The lowest BCUT2D eigenvalue weighted by molar-refractivity contribution is 0.412. The molecule has 8 heteroatoms. The molecule has 0 unspecified atom stereocenters. The summed E-state index contributed by atoms with van der Waals surface area (Å²) in [6.07, 6.45) is 0. The van der Waals surface area contributed by atoms with Crippen molar-refractivity contribution in [2.45, 2.75) is 4.90 Å². The number of hydrogen-bond acceptors (Lipinski definition) is 4. The molecule has 0 saturated carbocycles. The van der Waals surface area contributed by atoms with E-state index in [1.54, 1.807) is 0 Å². The van der Waals surface area contributed by atoms with Gasteiger partial charge < -0.3 is 10.6 Å². The van der Waals surface area contributed by atoms with Crippen LogP contribution in [0.2, 0.25) is 10.0 Å². The predicted molar refractivity (Wildman–Crippen MR) is 74.6 cm³/mol. The van der Waals surface area contributed by atoms with Crippen LogP contribution in [-0.4, -0.2) is 40.5 Å². The molecule has 1 rings (SSSR count). The molecule has 0 bridgehead atoms. The summed E-state index contributed by atoms with van der Waals surface area (Å²) >= 11 is 11.7. The van der Waals surface area contributed by atoms with Crippen LogP contribution in [0.5, 0.6) is 0 Å². The highest BCUT2D eigenvalue weighted by atomic mass is 35.5. The van der Waals surface area contributed by atoms with Crippen molar-refractivity contribution >= 4 is 38.9 Å². The molecule has 18 heavy (non-hydrogen) atoms. The van der Waals surface area contributed by atoms with Gasteiger partial charge in [-0.15, -0.1) is 0 Å². The summed E-state index contributed by atoms with van der Waals surface area (Å²) in [6, 6.07) is 2.71. The highest BCUT2D eigenvalue weighted by molar-refractivity contribution is 7.89. The smallest absolute Gasteiger partial charge is 0.243 e. The zero-order chi connectivity index (χ0) is 13.9. The lowest BCUT2D eigenvalue weighted by Gasteiger charge is -2.13. The van der Waals surface area contributed by atoms with Gasteiger partial charge in [0.25, 0.3) is 0 Å². The van der Waals surface area contributed by atoms with Gasteiger partial charge >= 0.3 is 0 Å². The highest BCUT2D eigenvalue weighted by Crippen LogP contribution is 2.31. The average Bonchev–Trinajstić information content (AvgIpc) is 2.13. The number of rotatable bonds is 5. The van der Waals surface area contributed by atoms with Crippen molar-refractivity contribution in [3.8, 4) is 0 Å². The molecular formula is C10H15Cl2N3O2S. The van der Waals surface area contributed by atoms with Crippen LogP contribution < -0.4 is 10.5 Å². The van der Waals surface area contributed by atoms with E-state index in [9.17, 15) is 8.42 Å². The van der Waals surface area contributed by atoms with Crippen molar-refractivity contribution in [1.82, 2.24) is 9.62 Å². The fraction of sp³-hybridized carbons (Fsp3) is 0.400. The van der Waals surface area contributed by atoms with E-state index in [1.807, 2.05) is 19.0 Å². The molecule has 0 aliphatic rings. The van der Waals surface area contributed by atoms with Crippen LogP contribution in [0.4, 0.5) is 5.69 Å². The summed E-state index contributed by atoms with van der Waals surface area (Å²) in [5.41, 5.74) is 5.84. The topological polar surface area (TPSA) is 75.4 Å². The molecule has 0 radical (unpaired) electrons. The van der Waals surface area contributed by atoms with Crippen molar-refractivity contribution in [1.29, 1.82) is 0 Å². The van der Waals surface area contributed by atoms with E-state index in [4.69, 9.17) is 28.9 Å². The normalized spacial score (nSPS) is 12.1. The third kappa shape index (κ3) is 4.00. The minimum atomic E-state index is -3.73. The first-order valence-electron chi connectivity index (χ1n) is 5.13. The summed E-state index contributed by atoms with van der Waals surface area (Å²) in [5, 5.41) is 0.0229. The Hall–Kier alpha value is -0.530. The molecule has 0 spiro atoms. The van der Waals surface area contributed by atoms with Crippen LogP contribution in [-0.2, 0) is 10.0 Å². The van der Waals surface area contributed by atoms with Gasteiger partial charge in [-0.2, -0.15) is 0 Å². The van der Waals surface area contributed by atoms with E-state index in [0.717, 1.165) is 0 Å². The van der Waals surface area contributed by atoms with Gasteiger partial charge in [-0.25, -0.2) is 13.1 Å². The first kappa shape index (κ1) is 15.5. The molecule has 102 valence electrons. The summed E-state index contributed by atoms with van der Waals surface area (Å²) in [4.78, 5) is 1.72. The minimum absolute atomic E-state index is 0.0114. The maximum atomic E-state index is 12.0. The molecule has 0 atom stereocenters. The zero-order valence-electron chi connectivity index (χ0n) is 10.1. The molecule has 0 aromatic heterocycles. The third-order valence-electron chi connectivity index (χ3n) is 2.14. The SMILES string of the molecule is CN(C)CCNS(=O)(=O)c1c(Cl)cc(N)cc1Cl. The number of likely N-dealkylation sites (N-methyl/N-ethyl adjacent to an activating group) is 1. The van der Waals surface area contributed by atoms with E-state index in [2.05, 4.69) is 4.72 Å². The summed E-state index contributed by atoms with van der Waals surface area (Å²) in [5.74, 6) is 0. The second-order valence-corrected chi connectivity index (χ2v) is 6.53. The maximum absolute atomic E-state index is 12.0. The quantitative estimate of drug-likeness (QED) is 0.806. The Labute approximate surface area is 117 Å². The molecule has 5 nitrogen and oxygen atoms in total. The average molecular weight is 312 g/mol. The summed E-state index contributed by atoms with van der Waals surface area (Å²) in [7, 11) is -0.0407. The molecule has 0 heterocycles. The van der Waals surface area contributed by atoms with E-state index in [0.29, 0.717) is 12.2 Å². The monoisotopic (exact) mass is 311 g/mol. The van der Waals surface area contributed by atoms with Crippen molar-refractivity contribution in [2.24, 2.45) is 0 Å². The number of halogens is 2. The first-order chi connectivity index (χ1) is 8.24. The van der Waals surface area contributed by atoms with E-state index in [1.165, 1.54) is 12.1 Å². The van der Waals surface area contributed by atoms with Gasteiger partial charge in [-0.05, 0) is 26.2 Å². The molecule has 0 saturated heterocycles. The van der Waals surface area contributed by atoms with Crippen LogP contribution in [0.3, 0.4) is 0 Å². The number of sulfonamides is 1. The number of nitrogens with two attached hydrogens (primary N) is 1. The third-order valence-corrected chi connectivity index (χ3v) is 4.52.